The fourth-order valence-corrected chi connectivity index (χ4v) is 3.00. The molecule has 2 rings (SSSR count). The van der Waals surface area contributed by atoms with Gasteiger partial charge in [-0.3, -0.25) is 0 Å². The highest BCUT2D eigenvalue weighted by atomic mass is 16.5. The zero-order valence-electron chi connectivity index (χ0n) is 13.8. The molecule has 1 aliphatic heterocycles. The normalized spacial score (nSPS) is 20.5. The quantitative estimate of drug-likeness (QED) is 0.835. The molecule has 1 aromatic carbocycles. The summed E-state index contributed by atoms with van der Waals surface area (Å²) in [5.74, 6) is 0.937. The molecule has 1 fully saturated rings. The molecule has 3 heteroatoms. The molecule has 0 saturated carbocycles. The molecule has 1 aliphatic rings. The van der Waals surface area contributed by atoms with Gasteiger partial charge in [-0.1, -0.05) is 18.6 Å². The molecule has 0 spiro atoms. The molecular weight excluding hydrogens is 260 g/mol. The number of nitrogens with zero attached hydrogens (tertiary/aromatic N) is 1. The summed E-state index contributed by atoms with van der Waals surface area (Å²) in [5, 5.41) is 3.64. The Morgan fingerprint density at radius 2 is 2.05 bits per heavy atom. The molecule has 0 aromatic heterocycles. The Morgan fingerprint density at radius 1 is 1.29 bits per heavy atom. The number of nitrogens with one attached hydrogen (secondary N) is 1. The van der Waals surface area contributed by atoms with Gasteiger partial charge in [-0.15, -0.1) is 0 Å². The largest absolute Gasteiger partial charge is 0.497 e. The van der Waals surface area contributed by atoms with Crippen molar-refractivity contribution in [2.45, 2.75) is 51.1 Å². The minimum atomic E-state index is 0.621. The predicted octanol–water partition coefficient (Wildman–Crippen LogP) is 3.09. The van der Waals surface area contributed by atoms with Crippen molar-refractivity contribution in [3.63, 3.8) is 0 Å². The molecule has 0 bridgehead atoms. The first-order valence-electron chi connectivity index (χ1n) is 8.25. The zero-order chi connectivity index (χ0) is 15.1. The van der Waals surface area contributed by atoms with Gasteiger partial charge in [0.2, 0.25) is 0 Å². The van der Waals surface area contributed by atoms with E-state index in [2.05, 4.69) is 48.5 Å². The monoisotopic (exact) mass is 290 g/mol. The molecule has 0 amide bonds. The van der Waals surface area contributed by atoms with Crippen LogP contribution in [-0.4, -0.2) is 44.2 Å². The van der Waals surface area contributed by atoms with Crippen LogP contribution < -0.4 is 10.1 Å². The van der Waals surface area contributed by atoms with E-state index in [1.807, 2.05) is 0 Å². The number of rotatable bonds is 7. The second-order valence-corrected chi connectivity index (χ2v) is 6.32. The summed E-state index contributed by atoms with van der Waals surface area (Å²) in [6, 6.07) is 9.76. The van der Waals surface area contributed by atoms with Gasteiger partial charge >= 0.3 is 0 Å². The Hall–Kier alpha value is -1.06. The second kappa shape index (κ2) is 8.40. The van der Waals surface area contributed by atoms with Gasteiger partial charge in [0.1, 0.15) is 5.75 Å². The lowest BCUT2D eigenvalue weighted by molar-refractivity contribution is 0.205. The van der Waals surface area contributed by atoms with Crippen LogP contribution in [-0.2, 0) is 6.42 Å². The summed E-state index contributed by atoms with van der Waals surface area (Å²) >= 11 is 0. The number of aryl methyl sites for hydroxylation is 1. The number of piperidine rings is 1. The second-order valence-electron chi connectivity index (χ2n) is 6.32. The molecule has 3 nitrogen and oxygen atoms in total. The third kappa shape index (κ3) is 5.33. The summed E-state index contributed by atoms with van der Waals surface area (Å²) in [4.78, 5) is 2.51. The lowest BCUT2D eigenvalue weighted by Gasteiger charge is -2.31. The van der Waals surface area contributed by atoms with Crippen LogP contribution in [0.5, 0.6) is 5.75 Å². The third-order valence-electron chi connectivity index (χ3n) is 4.68. The SMILES string of the molecule is COc1ccc(CCC(C)N(C)CC2CCCCN2)cc1. The Labute approximate surface area is 129 Å². The van der Waals surface area contributed by atoms with Crippen LogP contribution >= 0.6 is 0 Å². The molecule has 1 saturated heterocycles. The Bertz CT molecular complexity index is 398. The van der Waals surface area contributed by atoms with E-state index in [4.69, 9.17) is 4.74 Å². The lowest BCUT2D eigenvalue weighted by Crippen LogP contribution is -2.45. The highest BCUT2D eigenvalue weighted by Crippen LogP contribution is 2.15. The fraction of sp³-hybridized carbons (Fsp3) is 0.667. The van der Waals surface area contributed by atoms with Crippen molar-refractivity contribution >= 4 is 0 Å². The van der Waals surface area contributed by atoms with Gasteiger partial charge < -0.3 is 15.0 Å². The molecule has 1 aromatic rings. The van der Waals surface area contributed by atoms with Crippen molar-refractivity contribution in [3.8, 4) is 5.75 Å². The summed E-state index contributed by atoms with van der Waals surface area (Å²) in [7, 11) is 3.97. The maximum Gasteiger partial charge on any atom is 0.118 e. The highest BCUT2D eigenvalue weighted by Gasteiger charge is 2.17. The van der Waals surface area contributed by atoms with Gasteiger partial charge in [0.15, 0.2) is 0 Å². The maximum atomic E-state index is 5.20. The summed E-state index contributed by atoms with van der Waals surface area (Å²) in [5.41, 5.74) is 1.40. The van der Waals surface area contributed by atoms with Crippen molar-refractivity contribution in [1.29, 1.82) is 0 Å². The minimum absolute atomic E-state index is 0.621. The first-order valence-corrected chi connectivity index (χ1v) is 8.25. The Kier molecular flexibility index (Phi) is 6.52. The van der Waals surface area contributed by atoms with E-state index < -0.39 is 0 Å². The van der Waals surface area contributed by atoms with Crippen LogP contribution in [0.3, 0.4) is 0 Å². The first-order chi connectivity index (χ1) is 10.2. The zero-order valence-corrected chi connectivity index (χ0v) is 13.8. The van der Waals surface area contributed by atoms with E-state index in [1.165, 1.54) is 44.3 Å². The van der Waals surface area contributed by atoms with E-state index in [1.54, 1.807) is 7.11 Å². The molecule has 0 radical (unpaired) electrons. The van der Waals surface area contributed by atoms with E-state index in [-0.39, 0.29) is 0 Å². The molecule has 118 valence electrons. The number of methoxy groups -OCH3 is 1. The maximum absolute atomic E-state index is 5.20. The van der Waals surface area contributed by atoms with E-state index in [0.29, 0.717) is 12.1 Å². The fourth-order valence-electron chi connectivity index (χ4n) is 3.00. The summed E-state index contributed by atoms with van der Waals surface area (Å²) < 4.78 is 5.20. The average molecular weight is 290 g/mol. The lowest BCUT2D eigenvalue weighted by atomic mass is 10.0. The Morgan fingerprint density at radius 3 is 2.67 bits per heavy atom. The molecule has 2 unspecified atom stereocenters. The summed E-state index contributed by atoms with van der Waals surface area (Å²) in [6.45, 7) is 4.70. The topological polar surface area (TPSA) is 24.5 Å². The van der Waals surface area contributed by atoms with Crippen molar-refractivity contribution in [1.82, 2.24) is 10.2 Å². The van der Waals surface area contributed by atoms with Gasteiger partial charge in [0.25, 0.3) is 0 Å². The smallest absolute Gasteiger partial charge is 0.118 e. The van der Waals surface area contributed by atoms with Gasteiger partial charge in [-0.05, 0) is 63.9 Å². The van der Waals surface area contributed by atoms with Crippen LogP contribution in [0.2, 0.25) is 0 Å². The number of benzene rings is 1. The number of ether oxygens (including phenoxy) is 1. The molecule has 1 heterocycles. The van der Waals surface area contributed by atoms with Gasteiger partial charge in [-0.25, -0.2) is 0 Å². The van der Waals surface area contributed by atoms with Crippen LogP contribution in [0, 0.1) is 0 Å². The van der Waals surface area contributed by atoms with Crippen molar-refractivity contribution in [3.05, 3.63) is 29.8 Å². The minimum Gasteiger partial charge on any atom is -0.497 e. The van der Waals surface area contributed by atoms with Crippen molar-refractivity contribution in [2.24, 2.45) is 0 Å². The molecule has 0 aliphatic carbocycles. The molecule has 2 atom stereocenters. The van der Waals surface area contributed by atoms with Crippen molar-refractivity contribution < 1.29 is 4.74 Å². The molecule has 1 N–H and O–H groups in total. The average Bonchev–Trinajstić information content (AvgIpc) is 2.54. The molecule has 21 heavy (non-hydrogen) atoms. The van der Waals surface area contributed by atoms with E-state index in [0.717, 1.165) is 12.2 Å². The highest BCUT2D eigenvalue weighted by molar-refractivity contribution is 5.27. The van der Waals surface area contributed by atoms with Crippen molar-refractivity contribution in [2.75, 3.05) is 27.2 Å². The van der Waals surface area contributed by atoms with Gasteiger partial charge in [0, 0.05) is 18.6 Å². The summed E-state index contributed by atoms with van der Waals surface area (Å²) in [6.07, 6.45) is 6.39. The van der Waals surface area contributed by atoms with Gasteiger partial charge in [0.05, 0.1) is 7.11 Å². The van der Waals surface area contributed by atoms with Gasteiger partial charge in [-0.2, -0.15) is 0 Å². The van der Waals surface area contributed by atoms with Crippen LogP contribution in [0.15, 0.2) is 24.3 Å². The third-order valence-corrected chi connectivity index (χ3v) is 4.68. The van der Waals surface area contributed by atoms with E-state index in [9.17, 15) is 0 Å². The van der Waals surface area contributed by atoms with Crippen LogP contribution in [0.25, 0.3) is 0 Å². The Balaban J connectivity index is 1.73. The predicted molar refractivity (Wildman–Crippen MR) is 89.0 cm³/mol. The van der Waals surface area contributed by atoms with Crippen LogP contribution in [0.1, 0.15) is 38.2 Å². The number of likely N-dealkylation sites (N-methyl/N-ethyl adjacent to an activating group) is 1. The first kappa shape index (κ1) is 16.3. The molecular formula is C18H30N2O. The standard InChI is InChI=1S/C18H30N2O/c1-15(20(2)14-17-6-4-5-13-19-17)7-8-16-9-11-18(21-3)12-10-16/h9-12,15,17,19H,4-8,13-14H2,1-3H3. The van der Waals surface area contributed by atoms with E-state index >= 15 is 0 Å². The van der Waals surface area contributed by atoms with Crippen LogP contribution in [0.4, 0.5) is 0 Å². The number of hydrogen-bond acceptors (Lipinski definition) is 3. The number of hydrogen-bond donors (Lipinski definition) is 1.